The SMILES string of the molecule is CCNCc1cccc(Oc2ccc(F)c(C)c2)c1. The summed E-state index contributed by atoms with van der Waals surface area (Å²) in [5.74, 6) is 1.20. The van der Waals surface area contributed by atoms with E-state index >= 15 is 0 Å². The minimum atomic E-state index is -0.215. The molecule has 0 aliphatic heterocycles. The maximum absolute atomic E-state index is 13.2. The van der Waals surface area contributed by atoms with E-state index in [0.29, 0.717) is 11.3 Å². The number of nitrogens with one attached hydrogen (secondary N) is 1. The number of rotatable bonds is 5. The van der Waals surface area contributed by atoms with Crippen molar-refractivity contribution in [1.29, 1.82) is 0 Å². The first kappa shape index (κ1) is 13.6. The maximum atomic E-state index is 13.2. The lowest BCUT2D eigenvalue weighted by atomic mass is 10.2. The molecule has 0 amide bonds. The minimum Gasteiger partial charge on any atom is -0.457 e. The van der Waals surface area contributed by atoms with Crippen LogP contribution in [0.1, 0.15) is 18.1 Å². The van der Waals surface area contributed by atoms with Crippen LogP contribution in [-0.2, 0) is 6.54 Å². The first-order chi connectivity index (χ1) is 9.19. The lowest BCUT2D eigenvalue weighted by Gasteiger charge is -2.09. The summed E-state index contributed by atoms with van der Waals surface area (Å²) >= 11 is 0. The van der Waals surface area contributed by atoms with Crippen LogP contribution in [0, 0.1) is 12.7 Å². The van der Waals surface area contributed by atoms with Crippen molar-refractivity contribution in [2.75, 3.05) is 6.54 Å². The van der Waals surface area contributed by atoms with Gasteiger partial charge in [0, 0.05) is 6.54 Å². The molecule has 0 spiro atoms. The van der Waals surface area contributed by atoms with E-state index in [0.717, 1.165) is 24.4 Å². The maximum Gasteiger partial charge on any atom is 0.127 e. The minimum absolute atomic E-state index is 0.215. The Bertz CT molecular complexity index is 554. The average Bonchev–Trinajstić information content (AvgIpc) is 2.41. The van der Waals surface area contributed by atoms with Crippen LogP contribution in [0.4, 0.5) is 4.39 Å². The van der Waals surface area contributed by atoms with Crippen LogP contribution in [0.2, 0.25) is 0 Å². The Kier molecular flexibility index (Phi) is 4.53. The van der Waals surface area contributed by atoms with Gasteiger partial charge in [-0.3, -0.25) is 0 Å². The van der Waals surface area contributed by atoms with Crippen molar-refractivity contribution in [2.24, 2.45) is 0 Å². The molecule has 0 unspecified atom stereocenters. The van der Waals surface area contributed by atoms with Gasteiger partial charge < -0.3 is 10.1 Å². The first-order valence-corrected chi connectivity index (χ1v) is 6.42. The summed E-state index contributed by atoms with van der Waals surface area (Å²) in [4.78, 5) is 0. The number of benzene rings is 2. The largest absolute Gasteiger partial charge is 0.457 e. The lowest BCUT2D eigenvalue weighted by Crippen LogP contribution is -2.11. The van der Waals surface area contributed by atoms with Crippen LogP contribution in [0.15, 0.2) is 42.5 Å². The summed E-state index contributed by atoms with van der Waals surface area (Å²) in [7, 11) is 0. The molecule has 2 aromatic rings. The molecule has 0 saturated heterocycles. The van der Waals surface area contributed by atoms with Gasteiger partial charge in [0.1, 0.15) is 17.3 Å². The van der Waals surface area contributed by atoms with Gasteiger partial charge >= 0.3 is 0 Å². The van der Waals surface area contributed by atoms with Gasteiger partial charge in [-0.05, 0) is 54.9 Å². The molecule has 19 heavy (non-hydrogen) atoms. The monoisotopic (exact) mass is 259 g/mol. The molecule has 0 fully saturated rings. The summed E-state index contributed by atoms with van der Waals surface area (Å²) < 4.78 is 18.9. The van der Waals surface area contributed by atoms with Crippen molar-refractivity contribution >= 4 is 0 Å². The smallest absolute Gasteiger partial charge is 0.127 e. The van der Waals surface area contributed by atoms with Gasteiger partial charge in [0.25, 0.3) is 0 Å². The fraction of sp³-hybridized carbons (Fsp3) is 0.250. The first-order valence-electron chi connectivity index (χ1n) is 6.42. The highest BCUT2D eigenvalue weighted by molar-refractivity contribution is 5.36. The van der Waals surface area contributed by atoms with Crippen LogP contribution in [0.25, 0.3) is 0 Å². The Labute approximate surface area is 113 Å². The topological polar surface area (TPSA) is 21.3 Å². The van der Waals surface area contributed by atoms with Gasteiger partial charge in [-0.1, -0.05) is 19.1 Å². The molecule has 2 rings (SSSR count). The van der Waals surface area contributed by atoms with Crippen LogP contribution in [0.3, 0.4) is 0 Å². The zero-order valence-corrected chi connectivity index (χ0v) is 11.2. The molecule has 2 aromatic carbocycles. The molecule has 2 nitrogen and oxygen atoms in total. The van der Waals surface area contributed by atoms with Crippen molar-refractivity contribution in [3.63, 3.8) is 0 Å². The molecular weight excluding hydrogens is 241 g/mol. The fourth-order valence-electron chi connectivity index (χ4n) is 1.81. The van der Waals surface area contributed by atoms with Crippen molar-refractivity contribution in [3.8, 4) is 11.5 Å². The molecule has 0 radical (unpaired) electrons. The molecule has 100 valence electrons. The number of ether oxygens (including phenoxy) is 1. The Morgan fingerprint density at radius 1 is 1.11 bits per heavy atom. The second kappa shape index (κ2) is 6.34. The van der Waals surface area contributed by atoms with Gasteiger partial charge in [-0.25, -0.2) is 4.39 Å². The second-order valence-electron chi connectivity index (χ2n) is 4.44. The Balaban J connectivity index is 2.11. The lowest BCUT2D eigenvalue weighted by molar-refractivity contribution is 0.478. The van der Waals surface area contributed by atoms with Gasteiger partial charge in [-0.2, -0.15) is 0 Å². The fourth-order valence-corrected chi connectivity index (χ4v) is 1.81. The molecule has 0 aliphatic rings. The summed E-state index contributed by atoms with van der Waals surface area (Å²) in [5.41, 5.74) is 1.75. The van der Waals surface area contributed by atoms with Crippen molar-refractivity contribution in [3.05, 3.63) is 59.4 Å². The van der Waals surface area contributed by atoms with Gasteiger partial charge in [0.05, 0.1) is 0 Å². The summed E-state index contributed by atoms with van der Waals surface area (Å²) in [6.45, 7) is 5.55. The number of hydrogen-bond donors (Lipinski definition) is 1. The summed E-state index contributed by atoms with van der Waals surface area (Å²) in [6, 6.07) is 12.7. The second-order valence-corrected chi connectivity index (χ2v) is 4.44. The van der Waals surface area contributed by atoms with Gasteiger partial charge in [0.15, 0.2) is 0 Å². The third kappa shape index (κ3) is 3.80. The van der Waals surface area contributed by atoms with E-state index in [9.17, 15) is 4.39 Å². The van der Waals surface area contributed by atoms with E-state index < -0.39 is 0 Å². The third-order valence-electron chi connectivity index (χ3n) is 2.84. The molecule has 0 aliphatic carbocycles. The van der Waals surface area contributed by atoms with E-state index in [1.54, 1.807) is 19.1 Å². The van der Waals surface area contributed by atoms with E-state index in [4.69, 9.17) is 4.74 Å². The third-order valence-corrected chi connectivity index (χ3v) is 2.84. The summed E-state index contributed by atoms with van der Waals surface area (Å²) in [6.07, 6.45) is 0. The van der Waals surface area contributed by atoms with Crippen LogP contribution >= 0.6 is 0 Å². The molecule has 0 atom stereocenters. The van der Waals surface area contributed by atoms with E-state index in [1.165, 1.54) is 6.07 Å². The average molecular weight is 259 g/mol. The van der Waals surface area contributed by atoms with Crippen LogP contribution in [-0.4, -0.2) is 6.54 Å². The highest BCUT2D eigenvalue weighted by atomic mass is 19.1. The van der Waals surface area contributed by atoms with E-state index in [2.05, 4.69) is 12.2 Å². The van der Waals surface area contributed by atoms with Crippen LogP contribution in [0.5, 0.6) is 11.5 Å². The molecule has 0 heterocycles. The van der Waals surface area contributed by atoms with E-state index in [-0.39, 0.29) is 5.82 Å². The molecule has 0 aromatic heterocycles. The predicted molar refractivity (Wildman–Crippen MR) is 75.0 cm³/mol. The van der Waals surface area contributed by atoms with Gasteiger partial charge in [0.2, 0.25) is 0 Å². The van der Waals surface area contributed by atoms with Crippen molar-refractivity contribution in [2.45, 2.75) is 20.4 Å². The Morgan fingerprint density at radius 2 is 1.89 bits per heavy atom. The molecule has 0 bridgehead atoms. The zero-order valence-electron chi connectivity index (χ0n) is 11.2. The van der Waals surface area contributed by atoms with Crippen molar-refractivity contribution in [1.82, 2.24) is 5.32 Å². The Morgan fingerprint density at radius 3 is 2.63 bits per heavy atom. The summed E-state index contributed by atoms with van der Waals surface area (Å²) in [5, 5.41) is 3.27. The van der Waals surface area contributed by atoms with E-state index in [1.807, 2.05) is 24.3 Å². The van der Waals surface area contributed by atoms with Crippen LogP contribution < -0.4 is 10.1 Å². The molecule has 1 N–H and O–H groups in total. The standard InChI is InChI=1S/C16H18FNO/c1-3-18-11-13-5-4-6-14(10-13)19-15-7-8-16(17)12(2)9-15/h4-10,18H,3,11H2,1-2H3. The highest BCUT2D eigenvalue weighted by Gasteiger charge is 2.02. The normalized spacial score (nSPS) is 10.5. The Hall–Kier alpha value is -1.87. The quantitative estimate of drug-likeness (QED) is 0.875. The van der Waals surface area contributed by atoms with Crippen molar-refractivity contribution < 1.29 is 9.13 Å². The predicted octanol–water partition coefficient (Wildman–Crippen LogP) is 4.04. The number of hydrogen-bond acceptors (Lipinski definition) is 2. The molecular formula is C16H18FNO. The zero-order chi connectivity index (χ0) is 13.7. The molecule has 0 saturated carbocycles. The molecule has 3 heteroatoms. The number of aryl methyl sites for hydroxylation is 1. The number of halogens is 1. The highest BCUT2D eigenvalue weighted by Crippen LogP contribution is 2.24. The van der Waals surface area contributed by atoms with Gasteiger partial charge in [-0.15, -0.1) is 0 Å².